The molecule has 2 N–H and O–H groups in total. The van der Waals surface area contributed by atoms with E-state index in [0.717, 1.165) is 23.2 Å². The van der Waals surface area contributed by atoms with Crippen molar-refractivity contribution in [3.8, 4) is 5.75 Å². The van der Waals surface area contributed by atoms with Gasteiger partial charge in [0.1, 0.15) is 5.75 Å². The molecule has 3 aromatic carbocycles. The number of benzene rings is 3. The molecule has 0 saturated carbocycles. The predicted molar refractivity (Wildman–Crippen MR) is 134 cm³/mol. The van der Waals surface area contributed by atoms with Crippen molar-refractivity contribution in [1.82, 2.24) is 0 Å². The summed E-state index contributed by atoms with van der Waals surface area (Å²) >= 11 is 0. The van der Waals surface area contributed by atoms with Gasteiger partial charge in [0.2, 0.25) is 0 Å². The van der Waals surface area contributed by atoms with E-state index in [9.17, 15) is 13.2 Å². The van der Waals surface area contributed by atoms with Gasteiger partial charge in [-0.05, 0) is 78.1 Å². The molecule has 0 bridgehead atoms. The van der Waals surface area contributed by atoms with Gasteiger partial charge in [-0.3, -0.25) is 4.72 Å². The molecule has 2 aliphatic rings. The number of esters is 1. The molecule has 0 spiro atoms. The molecule has 8 heteroatoms. The smallest absolute Gasteiger partial charge is 0.337 e. The Kier molecular flexibility index (Phi) is 5.98. The van der Waals surface area contributed by atoms with E-state index in [1.165, 1.54) is 7.11 Å². The molecule has 1 aliphatic carbocycles. The number of hydrogen-bond acceptors (Lipinski definition) is 6. The van der Waals surface area contributed by atoms with Crippen molar-refractivity contribution in [1.29, 1.82) is 0 Å². The Morgan fingerprint density at radius 2 is 1.74 bits per heavy atom. The SMILES string of the molecule is COC(=O)c1ccc([C@H]2Nc3ccc(S(=O)(=O)Nc4ccc(OC)cc4)cc3[C@@H]3C=CC[C@@H]23)cc1. The molecular formula is C27H26N2O5S. The minimum atomic E-state index is -3.76. The van der Waals surface area contributed by atoms with Gasteiger partial charge < -0.3 is 14.8 Å². The van der Waals surface area contributed by atoms with E-state index in [-0.39, 0.29) is 28.7 Å². The number of allylic oxidation sites excluding steroid dienone is 2. The first-order valence-electron chi connectivity index (χ1n) is 11.3. The molecule has 0 radical (unpaired) electrons. The lowest BCUT2D eigenvalue weighted by Crippen LogP contribution is -2.29. The topological polar surface area (TPSA) is 93.7 Å². The van der Waals surface area contributed by atoms with Gasteiger partial charge in [-0.1, -0.05) is 24.3 Å². The second kappa shape index (κ2) is 9.11. The number of anilines is 2. The Bertz CT molecular complexity index is 1380. The predicted octanol–water partition coefficient (Wildman–Crippen LogP) is 5.11. The molecule has 5 rings (SSSR count). The van der Waals surface area contributed by atoms with Crippen LogP contribution in [0.1, 0.15) is 39.9 Å². The highest BCUT2D eigenvalue weighted by Crippen LogP contribution is 2.50. The molecule has 0 saturated heterocycles. The van der Waals surface area contributed by atoms with E-state index < -0.39 is 10.0 Å². The van der Waals surface area contributed by atoms with Crippen LogP contribution >= 0.6 is 0 Å². The lowest BCUT2D eigenvalue weighted by molar-refractivity contribution is 0.0600. The first-order valence-corrected chi connectivity index (χ1v) is 12.8. The normalized spacial score (nSPS) is 20.3. The minimum Gasteiger partial charge on any atom is -0.497 e. The number of methoxy groups -OCH3 is 2. The first-order chi connectivity index (χ1) is 16.9. The van der Waals surface area contributed by atoms with Crippen LogP contribution in [0, 0.1) is 5.92 Å². The average Bonchev–Trinajstić information content (AvgIpc) is 3.38. The van der Waals surface area contributed by atoms with E-state index in [4.69, 9.17) is 9.47 Å². The van der Waals surface area contributed by atoms with Gasteiger partial charge in [-0.2, -0.15) is 0 Å². The molecule has 180 valence electrons. The summed E-state index contributed by atoms with van der Waals surface area (Å²) in [5.41, 5.74) is 3.91. The third-order valence-corrected chi connectivity index (χ3v) is 8.06. The van der Waals surface area contributed by atoms with E-state index in [1.54, 1.807) is 55.6 Å². The molecule has 0 fully saturated rings. The highest BCUT2D eigenvalue weighted by Gasteiger charge is 2.38. The van der Waals surface area contributed by atoms with Crippen LogP contribution in [-0.2, 0) is 14.8 Å². The number of nitrogens with one attached hydrogen (secondary N) is 2. The first kappa shape index (κ1) is 23.0. The van der Waals surface area contributed by atoms with Crippen LogP contribution in [0.25, 0.3) is 0 Å². The Morgan fingerprint density at radius 1 is 1.00 bits per heavy atom. The second-order valence-electron chi connectivity index (χ2n) is 8.67. The van der Waals surface area contributed by atoms with Crippen LogP contribution < -0.4 is 14.8 Å². The molecule has 7 nitrogen and oxygen atoms in total. The van der Waals surface area contributed by atoms with Gasteiger partial charge in [0.25, 0.3) is 10.0 Å². The minimum absolute atomic E-state index is 0.0362. The second-order valence-corrected chi connectivity index (χ2v) is 10.4. The van der Waals surface area contributed by atoms with Crippen molar-refractivity contribution >= 4 is 27.4 Å². The van der Waals surface area contributed by atoms with Crippen LogP contribution in [0.4, 0.5) is 11.4 Å². The largest absolute Gasteiger partial charge is 0.497 e. The number of carbonyl (C=O) groups excluding carboxylic acids is 1. The van der Waals surface area contributed by atoms with Gasteiger partial charge >= 0.3 is 5.97 Å². The van der Waals surface area contributed by atoms with E-state index in [2.05, 4.69) is 22.2 Å². The number of rotatable bonds is 6. The monoisotopic (exact) mass is 490 g/mol. The quantitative estimate of drug-likeness (QED) is 0.368. The van der Waals surface area contributed by atoms with Crippen molar-refractivity contribution in [2.45, 2.75) is 23.3 Å². The fraction of sp³-hybridized carbons (Fsp3) is 0.222. The number of hydrogen-bond donors (Lipinski definition) is 2. The van der Waals surface area contributed by atoms with Gasteiger partial charge in [-0.15, -0.1) is 0 Å². The summed E-state index contributed by atoms with van der Waals surface area (Å²) in [5, 5.41) is 3.60. The van der Waals surface area contributed by atoms with Crippen LogP contribution in [-0.4, -0.2) is 28.6 Å². The maximum Gasteiger partial charge on any atom is 0.337 e. The van der Waals surface area contributed by atoms with Crippen LogP contribution in [0.5, 0.6) is 5.75 Å². The summed E-state index contributed by atoms with van der Waals surface area (Å²) in [6.45, 7) is 0. The van der Waals surface area contributed by atoms with Gasteiger partial charge in [0, 0.05) is 17.3 Å². The van der Waals surface area contributed by atoms with Crippen LogP contribution in [0.2, 0.25) is 0 Å². The Labute approximate surface area is 204 Å². The van der Waals surface area contributed by atoms with Crippen molar-refractivity contribution in [3.63, 3.8) is 0 Å². The molecule has 0 unspecified atom stereocenters. The highest BCUT2D eigenvalue weighted by atomic mass is 32.2. The molecule has 3 aromatic rings. The summed E-state index contributed by atoms with van der Waals surface area (Å²) in [6.07, 6.45) is 5.19. The maximum atomic E-state index is 13.1. The molecular weight excluding hydrogens is 464 g/mol. The Hall–Kier alpha value is -3.78. The fourth-order valence-electron chi connectivity index (χ4n) is 4.89. The van der Waals surface area contributed by atoms with Crippen molar-refractivity contribution in [2.24, 2.45) is 5.92 Å². The third kappa shape index (κ3) is 4.37. The van der Waals surface area contributed by atoms with Gasteiger partial charge in [0.05, 0.1) is 30.7 Å². The molecule has 0 aromatic heterocycles. The van der Waals surface area contributed by atoms with Crippen LogP contribution in [0.3, 0.4) is 0 Å². The van der Waals surface area contributed by atoms with E-state index in [1.807, 2.05) is 18.2 Å². The standard InChI is InChI=1S/C27H26N2O5S/c1-33-20-12-10-19(11-13-20)29-35(31,32)21-14-15-25-24(16-21)22-4-3-5-23(22)26(28-25)17-6-8-18(9-7-17)27(30)34-2/h3-4,6-16,22-23,26,28-29H,5H2,1-2H3/t22-,23-,26-/m1/s1. The number of carbonyl (C=O) groups is 1. The maximum absolute atomic E-state index is 13.1. The third-order valence-electron chi connectivity index (χ3n) is 6.68. The summed E-state index contributed by atoms with van der Waals surface area (Å²) in [6, 6.07) is 19.4. The fourth-order valence-corrected chi connectivity index (χ4v) is 5.98. The Morgan fingerprint density at radius 3 is 2.43 bits per heavy atom. The molecule has 1 aliphatic heterocycles. The zero-order valence-electron chi connectivity index (χ0n) is 19.4. The number of fused-ring (bicyclic) bond motifs is 3. The zero-order chi connectivity index (χ0) is 24.6. The number of ether oxygens (including phenoxy) is 2. The lowest BCUT2D eigenvalue weighted by Gasteiger charge is -2.37. The van der Waals surface area contributed by atoms with Gasteiger partial charge in [-0.25, -0.2) is 13.2 Å². The lowest BCUT2D eigenvalue weighted by atomic mass is 9.77. The molecule has 0 amide bonds. The van der Waals surface area contributed by atoms with Crippen molar-refractivity contribution in [3.05, 3.63) is 95.6 Å². The van der Waals surface area contributed by atoms with Crippen molar-refractivity contribution in [2.75, 3.05) is 24.3 Å². The molecule has 1 heterocycles. The van der Waals surface area contributed by atoms with E-state index >= 15 is 0 Å². The van der Waals surface area contributed by atoms with Crippen LogP contribution in [0.15, 0.2) is 83.8 Å². The summed E-state index contributed by atoms with van der Waals surface area (Å²) in [4.78, 5) is 12.0. The summed E-state index contributed by atoms with van der Waals surface area (Å²) in [5.74, 6) is 0.615. The Balaban J connectivity index is 1.43. The number of sulfonamides is 1. The summed E-state index contributed by atoms with van der Waals surface area (Å²) < 4.78 is 38.8. The van der Waals surface area contributed by atoms with Crippen molar-refractivity contribution < 1.29 is 22.7 Å². The average molecular weight is 491 g/mol. The van der Waals surface area contributed by atoms with Gasteiger partial charge in [0.15, 0.2) is 0 Å². The molecule has 35 heavy (non-hydrogen) atoms. The zero-order valence-corrected chi connectivity index (χ0v) is 20.2. The summed E-state index contributed by atoms with van der Waals surface area (Å²) in [7, 11) is -0.834. The highest BCUT2D eigenvalue weighted by molar-refractivity contribution is 7.92. The molecule has 3 atom stereocenters. The van der Waals surface area contributed by atoms with E-state index in [0.29, 0.717) is 17.0 Å².